The molecule has 0 saturated heterocycles. The summed E-state index contributed by atoms with van der Waals surface area (Å²) in [5.74, 6) is -0.122. The summed E-state index contributed by atoms with van der Waals surface area (Å²) in [5, 5.41) is 0. The van der Waals surface area contributed by atoms with Crippen LogP contribution in [-0.2, 0) is 0 Å². The van der Waals surface area contributed by atoms with Gasteiger partial charge in [0, 0.05) is 0 Å². The van der Waals surface area contributed by atoms with Gasteiger partial charge in [-0.25, -0.2) is 4.98 Å². The molecule has 0 bridgehead atoms. The van der Waals surface area contributed by atoms with Crippen molar-refractivity contribution in [3.8, 4) is 5.88 Å². The van der Waals surface area contributed by atoms with Gasteiger partial charge in [-0.05, 0) is 6.92 Å². The van der Waals surface area contributed by atoms with Gasteiger partial charge in [-0.2, -0.15) is 13.2 Å². The molecule has 0 atom stereocenters. The third kappa shape index (κ3) is 6.70. The molecule has 0 unspecified atom stereocenters. The molecule has 0 aliphatic carbocycles. The van der Waals surface area contributed by atoms with Crippen LogP contribution in [0.1, 0.15) is 19.5 Å². The lowest BCUT2D eigenvalue weighted by Crippen LogP contribution is -2.19. The van der Waals surface area contributed by atoms with Crippen molar-refractivity contribution in [1.82, 2.24) is 9.97 Å². The van der Waals surface area contributed by atoms with E-state index in [2.05, 4.69) is 14.7 Å². The van der Waals surface area contributed by atoms with Crippen LogP contribution in [0.15, 0.2) is 12.4 Å². The summed E-state index contributed by atoms with van der Waals surface area (Å²) in [7, 11) is 0. The Morgan fingerprint density at radius 1 is 1.20 bits per heavy atom. The quantitative estimate of drug-likeness (QED) is 0.771. The minimum absolute atomic E-state index is 0.122. The Morgan fingerprint density at radius 2 is 1.80 bits per heavy atom. The first-order valence-electron chi connectivity index (χ1n) is 4.45. The molecular formula is C9H13F3N2O. The molecule has 0 spiro atoms. The first-order chi connectivity index (χ1) is 6.97. The zero-order valence-electron chi connectivity index (χ0n) is 8.80. The Labute approximate surface area is 86.3 Å². The fourth-order valence-corrected chi connectivity index (χ4v) is 0.611. The van der Waals surface area contributed by atoms with E-state index in [1.165, 1.54) is 6.20 Å². The second kappa shape index (κ2) is 6.21. The number of rotatable bonds is 2. The monoisotopic (exact) mass is 222 g/mol. The molecule has 15 heavy (non-hydrogen) atoms. The summed E-state index contributed by atoms with van der Waals surface area (Å²) in [6.45, 7) is 4.34. The Hall–Kier alpha value is -1.33. The molecule has 0 amide bonds. The zero-order chi connectivity index (χ0) is 11.9. The van der Waals surface area contributed by atoms with Gasteiger partial charge in [0.1, 0.15) is 0 Å². The van der Waals surface area contributed by atoms with Crippen LogP contribution in [-0.4, -0.2) is 22.8 Å². The number of nitrogens with zero attached hydrogens (tertiary/aromatic N) is 2. The Bertz CT molecular complexity index is 272. The predicted molar refractivity (Wildman–Crippen MR) is 49.7 cm³/mol. The first kappa shape index (κ1) is 13.7. The van der Waals surface area contributed by atoms with E-state index in [4.69, 9.17) is 0 Å². The first-order valence-corrected chi connectivity index (χ1v) is 4.45. The lowest BCUT2D eigenvalue weighted by molar-refractivity contribution is -0.154. The van der Waals surface area contributed by atoms with Gasteiger partial charge in [0.05, 0.1) is 18.1 Å². The van der Waals surface area contributed by atoms with Crippen LogP contribution in [0, 0.1) is 6.92 Å². The second-order valence-electron chi connectivity index (χ2n) is 2.40. The average molecular weight is 222 g/mol. The number of aryl methyl sites for hydroxylation is 1. The maximum atomic E-state index is 11.6. The summed E-state index contributed by atoms with van der Waals surface area (Å²) < 4.78 is 39.3. The maximum absolute atomic E-state index is 11.6. The fourth-order valence-electron chi connectivity index (χ4n) is 0.611. The van der Waals surface area contributed by atoms with Crippen molar-refractivity contribution in [3.63, 3.8) is 0 Å². The van der Waals surface area contributed by atoms with Crippen LogP contribution in [0.5, 0.6) is 5.88 Å². The van der Waals surface area contributed by atoms with E-state index in [0.717, 1.165) is 6.20 Å². The summed E-state index contributed by atoms with van der Waals surface area (Å²) in [6.07, 6.45) is -1.85. The second-order valence-corrected chi connectivity index (χ2v) is 2.40. The van der Waals surface area contributed by atoms with E-state index in [-0.39, 0.29) is 5.88 Å². The number of alkyl halides is 3. The fraction of sp³-hybridized carbons (Fsp3) is 0.556. The van der Waals surface area contributed by atoms with Crippen molar-refractivity contribution in [2.45, 2.75) is 26.9 Å². The topological polar surface area (TPSA) is 35.0 Å². The van der Waals surface area contributed by atoms with Gasteiger partial charge >= 0.3 is 6.18 Å². The Morgan fingerprint density at radius 3 is 2.20 bits per heavy atom. The molecule has 1 rings (SSSR count). The molecule has 0 aromatic carbocycles. The SMILES string of the molecule is CC.Cc1cnc(OCC(F)(F)F)cn1. The van der Waals surface area contributed by atoms with E-state index < -0.39 is 12.8 Å². The molecule has 0 N–H and O–H groups in total. The highest BCUT2D eigenvalue weighted by atomic mass is 19.4. The third-order valence-corrected chi connectivity index (χ3v) is 1.14. The minimum Gasteiger partial charge on any atom is -0.467 e. The van der Waals surface area contributed by atoms with E-state index in [1.807, 2.05) is 13.8 Å². The van der Waals surface area contributed by atoms with Crippen LogP contribution < -0.4 is 4.74 Å². The normalized spacial score (nSPS) is 10.3. The zero-order valence-corrected chi connectivity index (χ0v) is 8.80. The molecular weight excluding hydrogens is 209 g/mol. The molecule has 1 heterocycles. The van der Waals surface area contributed by atoms with E-state index in [1.54, 1.807) is 6.92 Å². The molecule has 1 aromatic heterocycles. The highest BCUT2D eigenvalue weighted by Gasteiger charge is 2.28. The van der Waals surface area contributed by atoms with Crippen LogP contribution in [0.25, 0.3) is 0 Å². The molecule has 0 saturated carbocycles. The van der Waals surface area contributed by atoms with Crippen molar-refractivity contribution in [2.24, 2.45) is 0 Å². The lowest BCUT2D eigenvalue weighted by Gasteiger charge is -2.07. The van der Waals surface area contributed by atoms with Gasteiger partial charge in [0.2, 0.25) is 5.88 Å². The predicted octanol–water partition coefficient (Wildman–Crippen LogP) is 2.75. The van der Waals surface area contributed by atoms with E-state index in [9.17, 15) is 13.2 Å². The van der Waals surface area contributed by atoms with Gasteiger partial charge in [-0.15, -0.1) is 0 Å². The Balaban J connectivity index is 0.000000921. The van der Waals surface area contributed by atoms with E-state index in [0.29, 0.717) is 5.69 Å². The standard InChI is InChI=1S/C7H7F3N2O.C2H6/c1-5-2-12-6(3-11-5)13-4-7(8,9)10;1-2/h2-3H,4H2,1H3;1-2H3. The number of hydrogen-bond acceptors (Lipinski definition) is 3. The third-order valence-electron chi connectivity index (χ3n) is 1.14. The van der Waals surface area contributed by atoms with Crippen LogP contribution >= 0.6 is 0 Å². The number of ether oxygens (including phenoxy) is 1. The van der Waals surface area contributed by atoms with Crippen molar-refractivity contribution in [3.05, 3.63) is 18.1 Å². The highest BCUT2D eigenvalue weighted by molar-refractivity contribution is 5.05. The Kier molecular flexibility index (Phi) is 5.66. The summed E-state index contributed by atoms with van der Waals surface area (Å²) in [6, 6.07) is 0. The van der Waals surface area contributed by atoms with Gasteiger partial charge in [0.25, 0.3) is 0 Å². The minimum atomic E-state index is -4.34. The van der Waals surface area contributed by atoms with Crippen LogP contribution in [0.4, 0.5) is 13.2 Å². The van der Waals surface area contributed by atoms with Crippen molar-refractivity contribution < 1.29 is 17.9 Å². The van der Waals surface area contributed by atoms with Gasteiger partial charge in [-0.3, -0.25) is 4.98 Å². The van der Waals surface area contributed by atoms with Crippen LogP contribution in [0.2, 0.25) is 0 Å². The van der Waals surface area contributed by atoms with E-state index >= 15 is 0 Å². The molecule has 0 aliphatic rings. The maximum Gasteiger partial charge on any atom is 0.422 e. The molecule has 86 valence electrons. The molecule has 6 heteroatoms. The lowest BCUT2D eigenvalue weighted by atomic mass is 10.5. The molecule has 0 fully saturated rings. The largest absolute Gasteiger partial charge is 0.467 e. The molecule has 0 aliphatic heterocycles. The van der Waals surface area contributed by atoms with Gasteiger partial charge < -0.3 is 4.74 Å². The van der Waals surface area contributed by atoms with Crippen molar-refractivity contribution in [2.75, 3.05) is 6.61 Å². The number of halogens is 3. The highest BCUT2D eigenvalue weighted by Crippen LogP contribution is 2.16. The van der Waals surface area contributed by atoms with Gasteiger partial charge in [-0.1, -0.05) is 13.8 Å². The summed E-state index contributed by atoms with van der Waals surface area (Å²) >= 11 is 0. The average Bonchev–Trinajstić information content (AvgIpc) is 2.19. The summed E-state index contributed by atoms with van der Waals surface area (Å²) in [5.41, 5.74) is 0.624. The number of hydrogen-bond donors (Lipinski definition) is 0. The molecule has 0 radical (unpaired) electrons. The summed E-state index contributed by atoms with van der Waals surface area (Å²) in [4.78, 5) is 7.32. The van der Waals surface area contributed by atoms with Crippen molar-refractivity contribution in [1.29, 1.82) is 0 Å². The van der Waals surface area contributed by atoms with Crippen molar-refractivity contribution >= 4 is 0 Å². The molecule has 1 aromatic rings. The van der Waals surface area contributed by atoms with Gasteiger partial charge in [0.15, 0.2) is 6.61 Å². The smallest absolute Gasteiger partial charge is 0.422 e. The number of aromatic nitrogens is 2. The van der Waals surface area contributed by atoms with Crippen LogP contribution in [0.3, 0.4) is 0 Å². The molecule has 3 nitrogen and oxygen atoms in total.